The Hall–Kier alpha value is -1.82. The van der Waals surface area contributed by atoms with Crippen molar-refractivity contribution >= 4 is 9.84 Å². The van der Waals surface area contributed by atoms with Gasteiger partial charge in [-0.3, -0.25) is 9.89 Å². The largest absolute Gasteiger partial charge is 0.299 e. The van der Waals surface area contributed by atoms with Gasteiger partial charge in [0.2, 0.25) is 0 Å². The first-order chi connectivity index (χ1) is 11.3. The van der Waals surface area contributed by atoms with Crippen molar-refractivity contribution in [1.82, 2.24) is 9.78 Å². The Morgan fingerprint density at radius 3 is 2.46 bits per heavy atom. The molecule has 0 bridgehead atoms. The Labute approximate surface area is 142 Å². The maximum absolute atomic E-state index is 12.7. The van der Waals surface area contributed by atoms with Crippen molar-refractivity contribution in [3.05, 3.63) is 57.0 Å². The Morgan fingerprint density at radius 2 is 1.92 bits per heavy atom. The summed E-state index contributed by atoms with van der Waals surface area (Å²) >= 11 is 0. The summed E-state index contributed by atoms with van der Waals surface area (Å²) in [7, 11) is -3.02. The highest BCUT2D eigenvalue weighted by molar-refractivity contribution is 7.91. The van der Waals surface area contributed by atoms with Crippen molar-refractivity contribution in [2.24, 2.45) is 0 Å². The average molecular weight is 348 g/mol. The first kappa shape index (κ1) is 17.0. The summed E-state index contributed by atoms with van der Waals surface area (Å²) in [6, 6.07) is 8.06. The van der Waals surface area contributed by atoms with Crippen LogP contribution in [0.1, 0.15) is 54.6 Å². The molecule has 2 heterocycles. The van der Waals surface area contributed by atoms with Crippen LogP contribution in [-0.4, -0.2) is 29.7 Å². The molecule has 0 radical (unpaired) electrons. The SMILES string of the molecule is Cc1[nH]n(C2CCS(=O)(=O)C2)c(=O)c1Cc1ccc(C(C)C)cc1. The highest BCUT2D eigenvalue weighted by Crippen LogP contribution is 2.23. The summed E-state index contributed by atoms with van der Waals surface area (Å²) < 4.78 is 24.8. The number of hydrogen-bond donors (Lipinski definition) is 1. The molecule has 3 rings (SSSR count). The van der Waals surface area contributed by atoms with E-state index in [1.807, 2.05) is 6.92 Å². The van der Waals surface area contributed by atoms with E-state index < -0.39 is 9.84 Å². The molecule has 6 heteroatoms. The van der Waals surface area contributed by atoms with Crippen LogP contribution in [-0.2, 0) is 16.3 Å². The zero-order chi connectivity index (χ0) is 17.5. The van der Waals surface area contributed by atoms with Gasteiger partial charge in [0.05, 0.1) is 17.5 Å². The van der Waals surface area contributed by atoms with E-state index >= 15 is 0 Å². The van der Waals surface area contributed by atoms with E-state index in [2.05, 4.69) is 43.2 Å². The van der Waals surface area contributed by atoms with Crippen LogP contribution in [0, 0.1) is 6.92 Å². The Kier molecular flexibility index (Phi) is 4.42. The summed E-state index contributed by atoms with van der Waals surface area (Å²) in [5.41, 5.74) is 3.80. The lowest BCUT2D eigenvalue weighted by atomic mass is 9.99. The van der Waals surface area contributed by atoms with Gasteiger partial charge < -0.3 is 0 Å². The zero-order valence-corrected chi connectivity index (χ0v) is 15.2. The lowest BCUT2D eigenvalue weighted by Gasteiger charge is -2.08. The minimum Gasteiger partial charge on any atom is -0.299 e. The van der Waals surface area contributed by atoms with Crippen LogP contribution in [0.15, 0.2) is 29.1 Å². The Bertz CT molecular complexity index is 889. The minimum absolute atomic E-state index is 0.0510. The predicted octanol–water partition coefficient (Wildman–Crippen LogP) is 2.56. The van der Waals surface area contributed by atoms with Gasteiger partial charge in [0.1, 0.15) is 0 Å². The van der Waals surface area contributed by atoms with Crippen LogP contribution in [0.3, 0.4) is 0 Å². The van der Waals surface area contributed by atoms with E-state index in [0.29, 0.717) is 18.8 Å². The van der Waals surface area contributed by atoms with Gasteiger partial charge in [-0.25, -0.2) is 13.1 Å². The molecule has 1 saturated heterocycles. The monoisotopic (exact) mass is 348 g/mol. The molecule has 1 aromatic carbocycles. The van der Waals surface area contributed by atoms with E-state index in [-0.39, 0.29) is 23.1 Å². The number of hydrogen-bond acceptors (Lipinski definition) is 3. The molecular weight excluding hydrogens is 324 g/mol. The molecule has 5 nitrogen and oxygen atoms in total. The number of nitrogens with one attached hydrogen (secondary N) is 1. The van der Waals surface area contributed by atoms with Crippen molar-refractivity contribution in [3.63, 3.8) is 0 Å². The second-order valence-corrected chi connectivity index (χ2v) is 9.25. The summed E-state index contributed by atoms with van der Waals surface area (Å²) in [5, 5.41) is 3.08. The molecule has 1 aliphatic rings. The Balaban J connectivity index is 1.86. The molecule has 0 saturated carbocycles. The van der Waals surface area contributed by atoms with Gasteiger partial charge in [-0.1, -0.05) is 38.1 Å². The maximum atomic E-state index is 12.7. The molecule has 0 amide bonds. The number of sulfone groups is 1. The van der Waals surface area contributed by atoms with E-state index in [1.165, 1.54) is 10.2 Å². The highest BCUT2D eigenvalue weighted by Gasteiger charge is 2.31. The van der Waals surface area contributed by atoms with Crippen LogP contribution in [0.4, 0.5) is 0 Å². The van der Waals surface area contributed by atoms with Gasteiger partial charge in [-0.05, 0) is 30.4 Å². The molecule has 0 aliphatic carbocycles. The lowest BCUT2D eigenvalue weighted by molar-refractivity contribution is 0.483. The quantitative estimate of drug-likeness (QED) is 0.923. The molecule has 2 aromatic rings. The molecule has 24 heavy (non-hydrogen) atoms. The second kappa shape index (κ2) is 6.24. The molecule has 1 N–H and O–H groups in total. The maximum Gasteiger partial charge on any atom is 0.270 e. The van der Waals surface area contributed by atoms with Gasteiger partial charge in [-0.2, -0.15) is 0 Å². The number of rotatable bonds is 4. The van der Waals surface area contributed by atoms with Gasteiger partial charge in [0, 0.05) is 17.7 Å². The lowest BCUT2D eigenvalue weighted by Crippen LogP contribution is -2.25. The Morgan fingerprint density at radius 1 is 1.25 bits per heavy atom. The van der Waals surface area contributed by atoms with Crippen LogP contribution >= 0.6 is 0 Å². The zero-order valence-electron chi connectivity index (χ0n) is 14.4. The molecule has 130 valence electrons. The third kappa shape index (κ3) is 3.34. The van der Waals surface area contributed by atoms with Gasteiger partial charge in [-0.15, -0.1) is 0 Å². The normalized spacial score (nSPS) is 19.9. The second-order valence-electron chi connectivity index (χ2n) is 7.02. The van der Waals surface area contributed by atoms with Gasteiger partial charge in [0.25, 0.3) is 5.56 Å². The summed E-state index contributed by atoms with van der Waals surface area (Å²) in [4.78, 5) is 12.7. The van der Waals surface area contributed by atoms with Crippen molar-refractivity contribution in [2.75, 3.05) is 11.5 Å². The fraction of sp³-hybridized carbons (Fsp3) is 0.500. The van der Waals surface area contributed by atoms with Crippen LogP contribution in [0.5, 0.6) is 0 Å². The topological polar surface area (TPSA) is 71.9 Å². The smallest absolute Gasteiger partial charge is 0.270 e. The molecule has 0 spiro atoms. The predicted molar refractivity (Wildman–Crippen MR) is 95.4 cm³/mol. The van der Waals surface area contributed by atoms with Crippen molar-refractivity contribution < 1.29 is 8.42 Å². The first-order valence-electron chi connectivity index (χ1n) is 8.36. The van der Waals surface area contributed by atoms with E-state index in [9.17, 15) is 13.2 Å². The molecule has 1 aromatic heterocycles. The number of nitrogens with zero attached hydrogens (tertiary/aromatic N) is 1. The van der Waals surface area contributed by atoms with Crippen LogP contribution < -0.4 is 5.56 Å². The van der Waals surface area contributed by atoms with E-state index in [1.54, 1.807) is 0 Å². The summed E-state index contributed by atoms with van der Waals surface area (Å²) in [6.07, 6.45) is 1.07. The third-order valence-electron chi connectivity index (χ3n) is 4.82. The molecular formula is C18H24N2O3S. The highest BCUT2D eigenvalue weighted by atomic mass is 32.2. The third-order valence-corrected chi connectivity index (χ3v) is 6.57. The first-order valence-corrected chi connectivity index (χ1v) is 10.2. The minimum atomic E-state index is -3.02. The van der Waals surface area contributed by atoms with Crippen molar-refractivity contribution in [3.8, 4) is 0 Å². The number of aromatic amines is 1. The van der Waals surface area contributed by atoms with Crippen molar-refractivity contribution in [1.29, 1.82) is 0 Å². The molecule has 1 atom stereocenters. The van der Waals surface area contributed by atoms with Gasteiger partial charge in [0.15, 0.2) is 9.84 Å². The number of benzene rings is 1. The summed E-state index contributed by atoms with van der Waals surface area (Å²) in [6.45, 7) is 6.18. The number of aryl methyl sites for hydroxylation is 1. The summed E-state index contributed by atoms with van der Waals surface area (Å²) in [5.74, 6) is 0.693. The van der Waals surface area contributed by atoms with Crippen molar-refractivity contribution in [2.45, 2.75) is 45.6 Å². The van der Waals surface area contributed by atoms with Crippen LogP contribution in [0.25, 0.3) is 0 Å². The molecule has 1 unspecified atom stereocenters. The molecule has 1 fully saturated rings. The van der Waals surface area contributed by atoms with Crippen LogP contribution in [0.2, 0.25) is 0 Å². The number of aromatic nitrogens is 2. The van der Waals surface area contributed by atoms with Gasteiger partial charge >= 0.3 is 0 Å². The fourth-order valence-electron chi connectivity index (χ4n) is 3.27. The fourth-order valence-corrected chi connectivity index (χ4v) is 4.97. The van der Waals surface area contributed by atoms with E-state index in [4.69, 9.17) is 0 Å². The van der Waals surface area contributed by atoms with E-state index in [0.717, 1.165) is 16.8 Å². The average Bonchev–Trinajstić information content (AvgIpc) is 3.01. The molecule has 1 aliphatic heterocycles. The standard InChI is InChI=1S/C18H24N2O3S/c1-12(2)15-6-4-14(5-7-15)10-17-13(3)19-20(18(17)21)16-8-9-24(22,23)11-16/h4-7,12,16,19H,8-11H2,1-3H3. The number of H-pyrrole nitrogens is 1.